The summed E-state index contributed by atoms with van der Waals surface area (Å²) in [5, 5.41) is 22.4. The van der Waals surface area contributed by atoms with Crippen LogP contribution in [0.15, 0.2) is 0 Å². The van der Waals surface area contributed by atoms with Gasteiger partial charge in [0.25, 0.3) is 0 Å². The van der Waals surface area contributed by atoms with E-state index in [9.17, 15) is 5.11 Å². The van der Waals surface area contributed by atoms with E-state index in [1.54, 1.807) is 0 Å². The van der Waals surface area contributed by atoms with Crippen molar-refractivity contribution in [2.75, 3.05) is 19.8 Å². The second kappa shape index (κ2) is 6.53. The molecule has 0 aromatic rings. The van der Waals surface area contributed by atoms with E-state index in [-0.39, 0.29) is 24.2 Å². The molecule has 0 saturated heterocycles. The Morgan fingerprint density at radius 2 is 2.05 bits per heavy atom. The van der Waals surface area contributed by atoms with E-state index in [4.69, 9.17) is 9.84 Å². The quantitative estimate of drug-likeness (QED) is 0.641. The van der Waals surface area contributed by atoms with Gasteiger partial charge in [-0.25, -0.2) is 0 Å². The van der Waals surface area contributed by atoms with Crippen LogP contribution in [0.3, 0.4) is 0 Å². The maximum absolute atomic E-state index is 10.1. The van der Waals surface area contributed by atoms with Gasteiger partial charge < -0.3 is 20.3 Å². The lowest BCUT2D eigenvalue weighted by atomic mass is 9.70. The second-order valence-electron chi connectivity index (χ2n) is 7.78. The van der Waals surface area contributed by atoms with Crippen molar-refractivity contribution < 1.29 is 14.9 Å². The van der Waals surface area contributed by atoms with Crippen LogP contribution in [0.2, 0.25) is 0 Å². The second-order valence-corrected chi connectivity index (χ2v) is 7.78. The van der Waals surface area contributed by atoms with Gasteiger partial charge in [-0.3, -0.25) is 0 Å². The largest absolute Gasteiger partial charge is 0.395 e. The monoisotopic (exact) mass is 299 g/mol. The molecule has 0 spiro atoms. The molecule has 2 bridgehead atoms. The van der Waals surface area contributed by atoms with Crippen molar-refractivity contribution in [1.29, 1.82) is 0 Å². The Hall–Kier alpha value is -0.160. The van der Waals surface area contributed by atoms with Gasteiger partial charge in [0.15, 0.2) is 0 Å². The summed E-state index contributed by atoms with van der Waals surface area (Å²) in [5.41, 5.74) is 0.604. The van der Waals surface area contributed by atoms with Gasteiger partial charge in [0.05, 0.1) is 25.4 Å². The lowest BCUT2D eigenvalue weighted by Crippen LogP contribution is -2.42. The molecule has 0 amide bonds. The fraction of sp³-hybridized carbons (Fsp3) is 1.00. The van der Waals surface area contributed by atoms with E-state index in [1.807, 2.05) is 6.92 Å². The van der Waals surface area contributed by atoms with E-state index in [0.29, 0.717) is 18.6 Å². The average Bonchev–Trinajstić information content (AvgIpc) is 2.79. The molecule has 4 nitrogen and oxygen atoms in total. The first-order valence-electron chi connectivity index (χ1n) is 8.49. The standard InChI is InChI=1S/C17H33NO3/c1-5-13(10-19)18-9-14(20)11-21-15-8-12-6-7-17(15,4)16(12,2)3/h12-15,18-20H,5-11H2,1-4H3/t12-,13+,14-,15+,17-/m0/s1. The minimum Gasteiger partial charge on any atom is -0.395 e. The Labute approximate surface area is 129 Å². The zero-order valence-electron chi connectivity index (χ0n) is 14.1. The van der Waals surface area contributed by atoms with Gasteiger partial charge in [0.2, 0.25) is 0 Å². The van der Waals surface area contributed by atoms with Crippen molar-refractivity contribution in [3.63, 3.8) is 0 Å². The van der Waals surface area contributed by atoms with Gasteiger partial charge in [-0.15, -0.1) is 0 Å². The number of aliphatic hydroxyl groups is 2. The minimum atomic E-state index is -0.503. The van der Waals surface area contributed by atoms with Crippen molar-refractivity contribution in [2.24, 2.45) is 16.7 Å². The number of rotatable bonds is 8. The van der Waals surface area contributed by atoms with Gasteiger partial charge in [-0.1, -0.05) is 27.7 Å². The van der Waals surface area contributed by atoms with Crippen LogP contribution in [-0.4, -0.2) is 48.2 Å². The van der Waals surface area contributed by atoms with Crippen LogP contribution in [0.5, 0.6) is 0 Å². The topological polar surface area (TPSA) is 61.7 Å². The number of ether oxygens (including phenoxy) is 1. The highest BCUT2D eigenvalue weighted by atomic mass is 16.5. The summed E-state index contributed by atoms with van der Waals surface area (Å²) in [6.07, 6.45) is 4.34. The molecule has 2 rings (SSSR count). The average molecular weight is 299 g/mol. The molecule has 2 saturated carbocycles. The first-order chi connectivity index (χ1) is 9.85. The van der Waals surface area contributed by atoms with Crippen LogP contribution < -0.4 is 5.32 Å². The Kier molecular flexibility index (Phi) is 5.35. The number of fused-ring (bicyclic) bond motifs is 2. The zero-order chi connectivity index (χ0) is 15.7. The van der Waals surface area contributed by atoms with Crippen molar-refractivity contribution >= 4 is 0 Å². The summed E-state index contributed by atoms with van der Waals surface area (Å²) in [4.78, 5) is 0. The predicted molar refractivity (Wildman–Crippen MR) is 84.1 cm³/mol. The van der Waals surface area contributed by atoms with Crippen molar-refractivity contribution in [3.05, 3.63) is 0 Å². The molecule has 2 aliphatic rings. The molecule has 0 aromatic heterocycles. The summed E-state index contributed by atoms with van der Waals surface area (Å²) < 4.78 is 6.08. The Balaban J connectivity index is 1.77. The number of nitrogens with one attached hydrogen (secondary N) is 1. The number of hydrogen-bond acceptors (Lipinski definition) is 4. The summed E-state index contributed by atoms with van der Waals surface area (Å²) in [7, 11) is 0. The van der Waals surface area contributed by atoms with Crippen LogP contribution in [0, 0.1) is 16.7 Å². The van der Waals surface area contributed by atoms with E-state index >= 15 is 0 Å². The highest BCUT2D eigenvalue weighted by Crippen LogP contribution is 2.66. The molecule has 2 aliphatic carbocycles. The summed E-state index contributed by atoms with van der Waals surface area (Å²) >= 11 is 0. The molecule has 0 heterocycles. The molecule has 0 aliphatic heterocycles. The molecule has 3 N–H and O–H groups in total. The molecule has 0 unspecified atom stereocenters. The molecule has 4 heteroatoms. The molecular formula is C17H33NO3. The zero-order valence-corrected chi connectivity index (χ0v) is 14.1. The number of hydrogen-bond donors (Lipinski definition) is 3. The van der Waals surface area contributed by atoms with Crippen molar-refractivity contribution in [3.8, 4) is 0 Å². The van der Waals surface area contributed by atoms with Crippen LogP contribution in [0.4, 0.5) is 0 Å². The van der Waals surface area contributed by atoms with Crippen LogP contribution in [0.1, 0.15) is 53.4 Å². The SMILES string of the molecule is CC[C@H](CO)NC[C@H](O)CO[C@@H]1C[C@@H]2CC[C@]1(C)C2(C)C. The van der Waals surface area contributed by atoms with E-state index < -0.39 is 6.10 Å². The van der Waals surface area contributed by atoms with Gasteiger partial charge in [-0.2, -0.15) is 0 Å². The maximum Gasteiger partial charge on any atom is 0.0897 e. The first-order valence-corrected chi connectivity index (χ1v) is 8.49. The molecule has 0 radical (unpaired) electrons. The van der Waals surface area contributed by atoms with E-state index in [1.165, 1.54) is 12.8 Å². The third-order valence-electron chi connectivity index (χ3n) is 6.56. The maximum atomic E-state index is 10.1. The highest BCUT2D eigenvalue weighted by molar-refractivity contribution is 5.11. The fourth-order valence-electron chi connectivity index (χ4n) is 4.31. The molecular weight excluding hydrogens is 266 g/mol. The smallest absolute Gasteiger partial charge is 0.0897 e. The Bertz CT molecular complexity index is 343. The highest BCUT2D eigenvalue weighted by Gasteiger charge is 2.61. The third-order valence-corrected chi connectivity index (χ3v) is 6.56. The van der Waals surface area contributed by atoms with E-state index in [0.717, 1.165) is 18.8 Å². The van der Waals surface area contributed by atoms with Gasteiger partial charge >= 0.3 is 0 Å². The summed E-state index contributed by atoms with van der Waals surface area (Å²) in [6, 6.07) is 0.0681. The first kappa shape index (κ1) is 17.2. The lowest BCUT2D eigenvalue weighted by molar-refractivity contribution is -0.0746. The van der Waals surface area contributed by atoms with Crippen LogP contribution in [-0.2, 0) is 4.74 Å². The minimum absolute atomic E-state index is 0.0681. The number of aliphatic hydroxyl groups excluding tert-OH is 2. The summed E-state index contributed by atoms with van der Waals surface area (Å²) in [5.74, 6) is 0.765. The molecule has 0 aromatic carbocycles. The Morgan fingerprint density at radius 1 is 1.33 bits per heavy atom. The van der Waals surface area contributed by atoms with E-state index in [2.05, 4.69) is 26.1 Å². The Morgan fingerprint density at radius 3 is 2.52 bits per heavy atom. The van der Waals surface area contributed by atoms with Crippen molar-refractivity contribution in [2.45, 2.75) is 71.6 Å². The van der Waals surface area contributed by atoms with Gasteiger partial charge in [-0.05, 0) is 42.4 Å². The molecule has 124 valence electrons. The molecule has 21 heavy (non-hydrogen) atoms. The molecule has 2 fully saturated rings. The summed E-state index contributed by atoms with van der Waals surface area (Å²) in [6.45, 7) is 10.1. The lowest BCUT2D eigenvalue weighted by Gasteiger charge is -2.39. The van der Waals surface area contributed by atoms with Gasteiger partial charge in [0, 0.05) is 12.6 Å². The van der Waals surface area contributed by atoms with Gasteiger partial charge in [0.1, 0.15) is 0 Å². The third kappa shape index (κ3) is 3.14. The van der Waals surface area contributed by atoms with Crippen LogP contribution >= 0.6 is 0 Å². The fourth-order valence-corrected chi connectivity index (χ4v) is 4.31. The van der Waals surface area contributed by atoms with Crippen LogP contribution in [0.25, 0.3) is 0 Å². The normalized spacial score (nSPS) is 36.9. The molecule has 5 atom stereocenters. The van der Waals surface area contributed by atoms with Crippen molar-refractivity contribution in [1.82, 2.24) is 5.32 Å². The predicted octanol–water partition coefficient (Wildman–Crippen LogP) is 1.94.